The van der Waals surface area contributed by atoms with Crippen LogP contribution in [0.25, 0.3) is 0 Å². The fraction of sp³-hybridized carbons (Fsp3) is 0.111. The number of rotatable bonds is 7. The predicted molar refractivity (Wildman–Crippen MR) is 105 cm³/mol. The van der Waals surface area contributed by atoms with E-state index in [1.165, 1.54) is 48.6 Å². The molecule has 0 aliphatic heterocycles. The molecule has 0 bridgehead atoms. The van der Waals surface area contributed by atoms with Crippen molar-refractivity contribution in [2.24, 2.45) is 7.05 Å². The fourth-order valence-corrected chi connectivity index (χ4v) is 3.08. The Hall–Kier alpha value is -3.80. The molecule has 0 spiro atoms. The Morgan fingerprint density at radius 1 is 1.27 bits per heavy atom. The first-order valence-corrected chi connectivity index (χ1v) is 9.49. The fourth-order valence-electron chi connectivity index (χ4n) is 2.43. The molecule has 0 fully saturated rings. The van der Waals surface area contributed by atoms with E-state index in [1.807, 2.05) is 0 Å². The van der Waals surface area contributed by atoms with Gasteiger partial charge in [0.2, 0.25) is 11.8 Å². The van der Waals surface area contributed by atoms with E-state index in [1.54, 1.807) is 24.0 Å². The number of hydrogen-bond acceptors (Lipinski definition) is 8. The van der Waals surface area contributed by atoms with Crippen molar-refractivity contribution in [3.05, 3.63) is 60.6 Å². The third-order valence-electron chi connectivity index (χ3n) is 3.72. The van der Waals surface area contributed by atoms with Gasteiger partial charge in [0, 0.05) is 19.3 Å². The predicted octanol–water partition coefficient (Wildman–Crippen LogP) is 2.59. The lowest BCUT2D eigenvalue weighted by atomic mass is 10.3. The largest absolute Gasteiger partial charge is 0.437 e. The van der Waals surface area contributed by atoms with Crippen molar-refractivity contribution < 1.29 is 13.9 Å². The Morgan fingerprint density at radius 2 is 2.10 bits per heavy atom. The quantitative estimate of drug-likeness (QED) is 0.462. The molecule has 0 aliphatic rings. The second-order valence-corrected chi connectivity index (χ2v) is 7.02. The molecule has 0 radical (unpaired) electrons. The minimum absolute atomic E-state index is 0.106. The number of carbonyl (C=O) groups excluding carboxylic acids is 1. The summed E-state index contributed by atoms with van der Waals surface area (Å²) in [7, 11) is 1.75. The minimum Gasteiger partial charge on any atom is -0.437 e. The molecule has 3 heterocycles. The normalized spacial score (nSPS) is 10.7. The molecule has 0 saturated heterocycles. The highest BCUT2D eigenvalue weighted by atomic mass is 32.2. The maximum atomic E-state index is 13.2. The highest BCUT2D eigenvalue weighted by Crippen LogP contribution is 2.27. The van der Waals surface area contributed by atoms with Gasteiger partial charge in [0.05, 0.1) is 12.6 Å². The van der Waals surface area contributed by atoms with E-state index in [9.17, 15) is 9.18 Å². The molecule has 0 atom stereocenters. The van der Waals surface area contributed by atoms with Gasteiger partial charge in [-0.05, 0) is 36.0 Å². The molecule has 0 unspecified atom stereocenters. The number of benzene rings is 1. The van der Waals surface area contributed by atoms with Gasteiger partial charge in [-0.1, -0.05) is 0 Å². The summed E-state index contributed by atoms with van der Waals surface area (Å²) in [6.45, 7) is 0. The number of ether oxygens (including phenoxy) is 1. The first-order chi connectivity index (χ1) is 14.5. The van der Waals surface area contributed by atoms with Crippen molar-refractivity contribution >= 4 is 23.5 Å². The van der Waals surface area contributed by atoms with Crippen LogP contribution in [0.1, 0.15) is 5.69 Å². The molecule has 30 heavy (non-hydrogen) atoms. The number of nitrogens with zero attached hydrogens (tertiary/aromatic N) is 6. The van der Waals surface area contributed by atoms with Crippen LogP contribution in [0.5, 0.6) is 11.6 Å². The topological polar surface area (TPSA) is 124 Å². The van der Waals surface area contributed by atoms with Crippen LogP contribution >= 0.6 is 11.8 Å². The van der Waals surface area contributed by atoms with Crippen LogP contribution in [0, 0.1) is 5.82 Å². The average Bonchev–Trinajstić information content (AvgIpc) is 3.37. The van der Waals surface area contributed by atoms with Crippen LogP contribution in [0.3, 0.4) is 0 Å². The molecule has 1 aromatic carbocycles. The van der Waals surface area contributed by atoms with Gasteiger partial charge in [0.15, 0.2) is 11.0 Å². The van der Waals surface area contributed by atoms with Crippen LogP contribution in [-0.4, -0.2) is 40.8 Å². The number of nitrogens with one attached hydrogen (secondary N) is 2. The highest BCUT2D eigenvalue weighted by molar-refractivity contribution is 7.99. The van der Waals surface area contributed by atoms with Gasteiger partial charge in [0.1, 0.15) is 28.6 Å². The lowest BCUT2D eigenvalue weighted by Gasteiger charge is -2.10. The molecular weight excluding hydrogens is 411 g/mol. The number of H-pyrrole nitrogens is 1. The standard InChI is InChI=1S/C18H15FN8O2S/c1-27-7-6-14(26-27)24-15(28)8-13-17(29-12-4-2-11(19)3-5-12)20-9-16(23-13)30-18-21-10-22-25-18/h2-7,9-10H,8H2,1H3,(H,21,22,25)(H,24,26,28). The summed E-state index contributed by atoms with van der Waals surface area (Å²) < 4.78 is 20.5. The summed E-state index contributed by atoms with van der Waals surface area (Å²) in [6.07, 6.45) is 4.48. The third-order valence-corrected chi connectivity index (χ3v) is 4.51. The van der Waals surface area contributed by atoms with E-state index in [-0.39, 0.29) is 24.0 Å². The van der Waals surface area contributed by atoms with E-state index in [4.69, 9.17) is 4.74 Å². The Labute approximate surface area is 173 Å². The van der Waals surface area contributed by atoms with Crippen LogP contribution in [-0.2, 0) is 18.3 Å². The van der Waals surface area contributed by atoms with Crippen molar-refractivity contribution in [2.45, 2.75) is 16.6 Å². The van der Waals surface area contributed by atoms with Crippen molar-refractivity contribution in [1.82, 2.24) is 34.9 Å². The van der Waals surface area contributed by atoms with E-state index in [0.29, 0.717) is 27.4 Å². The highest BCUT2D eigenvalue weighted by Gasteiger charge is 2.16. The molecule has 4 rings (SSSR count). The lowest BCUT2D eigenvalue weighted by Crippen LogP contribution is -2.17. The van der Waals surface area contributed by atoms with Crippen molar-refractivity contribution in [3.63, 3.8) is 0 Å². The summed E-state index contributed by atoms with van der Waals surface area (Å²) >= 11 is 1.20. The average molecular weight is 426 g/mol. The molecule has 0 aliphatic carbocycles. The Kier molecular flexibility index (Phi) is 5.66. The summed E-state index contributed by atoms with van der Waals surface area (Å²) in [6, 6.07) is 7.14. The van der Waals surface area contributed by atoms with E-state index < -0.39 is 0 Å². The number of halogens is 1. The van der Waals surface area contributed by atoms with Crippen LogP contribution in [0.15, 0.2) is 59.2 Å². The number of hydrogen-bond donors (Lipinski definition) is 2. The summed E-state index contributed by atoms with van der Waals surface area (Å²) in [5.74, 6) is 0.201. The number of anilines is 1. The number of carbonyl (C=O) groups is 1. The van der Waals surface area contributed by atoms with Gasteiger partial charge in [0.25, 0.3) is 0 Å². The molecule has 0 saturated carbocycles. The number of aromatic nitrogens is 7. The second-order valence-electron chi connectivity index (χ2n) is 6.01. The molecular formula is C18H15FN8O2S. The zero-order valence-corrected chi connectivity index (χ0v) is 16.4. The van der Waals surface area contributed by atoms with Crippen LogP contribution < -0.4 is 10.1 Å². The number of aromatic amines is 1. The summed E-state index contributed by atoms with van der Waals surface area (Å²) in [5, 5.41) is 14.3. The van der Waals surface area contributed by atoms with Gasteiger partial charge in [-0.3, -0.25) is 14.6 Å². The van der Waals surface area contributed by atoms with Crippen molar-refractivity contribution in [2.75, 3.05) is 5.32 Å². The second kappa shape index (κ2) is 8.69. The van der Waals surface area contributed by atoms with E-state index >= 15 is 0 Å². The molecule has 4 aromatic rings. The third kappa shape index (κ3) is 4.97. The van der Waals surface area contributed by atoms with Gasteiger partial charge >= 0.3 is 0 Å². The van der Waals surface area contributed by atoms with Crippen LogP contribution in [0.4, 0.5) is 10.2 Å². The zero-order chi connectivity index (χ0) is 20.9. The van der Waals surface area contributed by atoms with E-state index in [2.05, 4.69) is 35.6 Å². The van der Waals surface area contributed by atoms with Crippen molar-refractivity contribution in [1.29, 1.82) is 0 Å². The molecule has 12 heteroatoms. The molecule has 152 valence electrons. The lowest BCUT2D eigenvalue weighted by molar-refractivity contribution is -0.115. The zero-order valence-electron chi connectivity index (χ0n) is 15.6. The van der Waals surface area contributed by atoms with Gasteiger partial charge in [-0.15, -0.1) is 0 Å². The SMILES string of the molecule is Cn1ccc(NC(=O)Cc2nc(Sc3ncn[nH]3)cnc2Oc2ccc(F)cc2)n1. The number of aryl methyl sites for hydroxylation is 1. The molecule has 3 aromatic heterocycles. The Balaban J connectivity index is 1.57. The van der Waals surface area contributed by atoms with Crippen LogP contribution in [0.2, 0.25) is 0 Å². The van der Waals surface area contributed by atoms with E-state index in [0.717, 1.165) is 0 Å². The van der Waals surface area contributed by atoms with Gasteiger partial charge in [-0.2, -0.15) is 10.2 Å². The first kappa shape index (κ1) is 19.5. The Bertz CT molecular complexity index is 1150. The maximum absolute atomic E-state index is 13.2. The maximum Gasteiger partial charge on any atom is 0.241 e. The molecule has 1 amide bonds. The summed E-state index contributed by atoms with van der Waals surface area (Å²) in [4.78, 5) is 25.3. The molecule has 2 N–H and O–H groups in total. The first-order valence-electron chi connectivity index (χ1n) is 8.67. The van der Waals surface area contributed by atoms with Gasteiger partial charge < -0.3 is 10.1 Å². The monoisotopic (exact) mass is 426 g/mol. The smallest absolute Gasteiger partial charge is 0.241 e. The Morgan fingerprint density at radius 3 is 2.80 bits per heavy atom. The minimum atomic E-state index is -0.387. The van der Waals surface area contributed by atoms with Gasteiger partial charge in [-0.25, -0.2) is 19.3 Å². The summed E-state index contributed by atoms with van der Waals surface area (Å²) in [5.41, 5.74) is 0.303. The molecule has 10 nitrogen and oxygen atoms in total. The van der Waals surface area contributed by atoms with Crippen molar-refractivity contribution in [3.8, 4) is 11.6 Å². The number of amides is 1.